The quantitative estimate of drug-likeness (QED) is 0.631. The first-order valence-electron chi connectivity index (χ1n) is 4.90. The lowest BCUT2D eigenvalue weighted by molar-refractivity contribution is 0.0505. The van der Waals surface area contributed by atoms with E-state index in [1.807, 2.05) is 6.92 Å². The number of rotatable bonds is 4. The molecule has 0 radical (unpaired) electrons. The minimum atomic E-state index is -0.642. The maximum Gasteiger partial charge on any atom is 0.340 e. The molecule has 0 atom stereocenters. The number of methoxy groups -OCH3 is 1. The summed E-state index contributed by atoms with van der Waals surface area (Å²) < 4.78 is 22.9. The van der Waals surface area contributed by atoms with Gasteiger partial charge in [0.1, 0.15) is 11.6 Å². The summed E-state index contributed by atoms with van der Waals surface area (Å²) in [5, 5.41) is 0. The Morgan fingerprint density at radius 2 is 2.19 bits per heavy atom. The molecule has 4 nitrogen and oxygen atoms in total. The van der Waals surface area contributed by atoms with Crippen molar-refractivity contribution in [2.45, 2.75) is 13.3 Å². The Balaban J connectivity index is 3.03. The third-order valence-corrected chi connectivity index (χ3v) is 1.98. The van der Waals surface area contributed by atoms with Gasteiger partial charge in [-0.25, -0.2) is 9.18 Å². The second kappa shape index (κ2) is 5.34. The van der Waals surface area contributed by atoms with Crippen molar-refractivity contribution < 1.29 is 18.7 Å². The average molecular weight is 227 g/mol. The number of carbonyl (C=O) groups excluding carboxylic acids is 1. The van der Waals surface area contributed by atoms with Gasteiger partial charge in [-0.2, -0.15) is 0 Å². The zero-order valence-corrected chi connectivity index (χ0v) is 9.25. The fourth-order valence-corrected chi connectivity index (χ4v) is 1.20. The van der Waals surface area contributed by atoms with Crippen LogP contribution in [0, 0.1) is 5.82 Å². The van der Waals surface area contributed by atoms with Gasteiger partial charge in [-0.3, -0.25) is 0 Å². The second-order valence-electron chi connectivity index (χ2n) is 3.21. The summed E-state index contributed by atoms with van der Waals surface area (Å²) in [6, 6.07) is 2.15. The van der Waals surface area contributed by atoms with Crippen LogP contribution in [-0.4, -0.2) is 19.7 Å². The monoisotopic (exact) mass is 227 g/mol. The molecular weight excluding hydrogens is 213 g/mol. The number of carbonyl (C=O) groups is 1. The van der Waals surface area contributed by atoms with Crippen LogP contribution >= 0.6 is 0 Å². The molecule has 0 bridgehead atoms. The van der Waals surface area contributed by atoms with Crippen LogP contribution in [0.5, 0.6) is 5.75 Å². The number of nitrogen functional groups attached to an aromatic ring is 1. The molecule has 1 rings (SSSR count). The highest BCUT2D eigenvalue weighted by molar-refractivity contribution is 5.96. The fourth-order valence-electron chi connectivity index (χ4n) is 1.20. The SMILES string of the molecule is CCCOC(=O)c1cc(F)cc(OC)c1N. The highest BCUT2D eigenvalue weighted by Crippen LogP contribution is 2.27. The number of ether oxygens (including phenoxy) is 2. The van der Waals surface area contributed by atoms with Crippen LogP contribution in [0.25, 0.3) is 0 Å². The van der Waals surface area contributed by atoms with E-state index in [-0.39, 0.29) is 23.6 Å². The van der Waals surface area contributed by atoms with Crippen LogP contribution in [0.4, 0.5) is 10.1 Å². The van der Waals surface area contributed by atoms with Crippen LogP contribution in [0.15, 0.2) is 12.1 Å². The maximum absolute atomic E-state index is 13.1. The lowest BCUT2D eigenvalue weighted by Crippen LogP contribution is -2.10. The summed E-state index contributed by atoms with van der Waals surface area (Å²) in [7, 11) is 1.35. The Kier molecular flexibility index (Phi) is 4.10. The minimum absolute atomic E-state index is 0.00898. The second-order valence-corrected chi connectivity index (χ2v) is 3.21. The van der Waals surface area contributed by atoms with Gasteiger partial charge in [-0.15, -0.1) is 0 Å². The summed E-state index contributed by atoms with van der Waals surface area (Å²) >= 11 is 0. The number of anilines is 1. The van der Waals surface area contributed by atoms with Crippen molar-refractivity contribution in [1.29, 1.82) is 0 Å². The Labute approximate surface area is 93.2 Å². The predicted octanol–water partition coefficient (Wildman–Crippen LogP) is 1.98. The van der Waals surface area contributed by atoms with Gasteiger partial charge >= 0.3 is 5.97 Å². The molecule has 5 heteroatoms. The molecule has 0 saturated heterocycles. The van der Waals surface area contributed by atoms with E-state index in [0.29, 0.717) is 6.42 Å². The van der Waals surface area contributed by atoms with E-state index >= 15 is 0 Å². The van der Waals surface area contributed by atoms with E-state index in [0.717, 1.165) is 12.1 Å². The topological polar surface area (TPSA) is 61.5 Å². The molecule has 0 aliphatic heterocycles. The standard InChI is InChI=1S/C11H14FNO3/c1-3-4-16-11(14)8-5-7(12)6-9(15-2)10(8)13/h5-6H,3-4,13H2,1-2H3. The molecule has 0 spiro atoms. The fraction of sp³-hybridized carbons (Fsp3) is 0.364. The third kappa shape index (κ3) is 2.62. The largest absolute Gasteiger partial charge is 0.494 e. The Morgan fingerprint density at radius 3 is 2.75 bits per heavy atom. The van der Waals surface area contributed by atoms with E-state index < -0.39 is 11.8 Å². The van der Waals surface area contributed by atoms with Crippen LogP contribution in [0.2, 0.25) is 0 Å². The molecule has 0 aromatic heterocycles. The van der Waals surface area contributed by atoms with E-state index in [1.165, 1.54) is 7.11 Å². The predicted molar refractivity (Wildman–Crippen MR) is 57.9 cm³/mol. The molecule has 0 amide bonds. The van der Waals surface area contributed by atoms with Gasteiger partial charge in [0, 0.05) is 6.07 Å². The molecule has 88 valence electrons. The van der Waals surface area contributed by atoms with E-state index in [9.17, 15) is 9.18 Å². The molecule has 0 fully saturated rings. The molecule has 0 aliphatic carbocycles. The molecule has 16 heavy (non-hydrogen) atoms. The van der Waals surface area contributed by atoms with Gasteiger partial charge in [-0.1, -0.05) is 6.92 Å². The Bertz CT molecular complexity index is 393. The summed E-state index contributed by atoms with van der Waals surface area (Å²) in [5.41, 5.74) is 5.72. The van der Waals surface area contributed by atoms with Crippen LogP contribution in [0.1, 0.15) is 23.7 Å². The van der Waals surface area contributed by atoms with Gasteiger partial charge in [-0.05, 0) is 12.5 Å². The third-order valence-electron chi connectivity index (χ3n) is 1.98. The molecule has 1 aromatic carbocycles. The van der Waals surface area contributed by atoms with Gasteiger partial charge in [0.25, 0.3) is 0 Å². The molecule has 1 aromatic rings. The zero-order valence-electron chi connectivity index (χ0n) is 9.25. The highest BCUT2D eigenvalue weighted by Gasteiger charge is 2.16. The normalized spacial score (nSPS) is 9.94. The van der Waals surface area contributed by atoms with Crippen molar-refractivity contribution in [2.24, 2.45) is 0 Å². The lowest BCUT2D eigenvalue weighted by Gasteiger charge is -2.09. The Hall–Kier alpha value is -1.78. The van der Waals surface area contributed by atoms with E-state index in [4.69, 9.17) is 15.2 Å². The molecule has 0 saturated carbocycles. The van der Waals surface area contributed by atoms with Crippen molar-refractivity contribution in [3.63, 3.8) is 0 Å². The van der Waals surface area contributed by atoms with Crippen molar-refractivity contribution in [2.75, 3.05) is 19.5 Å². The van der Waals surface area contributed by atoms with Crippen LogP contribution in [-0.2, 0) is 4.74 Å². The lowest BCUT2D eigenvalue weighted by atomic mass is 10.1. The zero-order chi connectivity index (χ0) is 12.1. The number of benzene rings is 1. The summed E-state index contributed by atoms with van der Waals surface area (Å²) in [4.78, 5) is 11.5. The van der Waals surface area contributed by atoms with E-state index in [2.05, 4.69) is 0 Å². The van der Waals surface area contributed by atoms with Crippen molar-refractivity contribution in [3.8, 4) is 5.75 Å². The summed E-state index contributed by atoms with van der Waals surface area (Å²) in [6.45, 7) is 2.14. The number of hydrogen-bond donors (Lipinski definition) is 1. The van der Waals surface area contributed by atoms with Crippen LogP contribution in [0.3, 0.4) is 0 Å². The number of halogens is 1. The van der Waals surface area contributed by atoms with Crippen molar-refractivity contribution >= 4 is 11.7 Å². The first kappa shape index (κ1) is 12.3. The van der Waals surface area contributed by atoms with Gasteiger partial charge < -0.3 is 15.2 Å². The molecule has 0 unspecified atom stereocenters. The Morgan fingerprint density at radius 1 is 1.50 bits per heavy atom. The first-order valence-corrected chi connectivity index (χ1v) is 4.90. The van der Waals surface area contributed by atoms with Gasteiger partial charge in [0.15, 0.2) is 0 Å². The minimum Gasteiger partial charge on any atom is -0.494 e. The van der Waals surface area contributed by atoms with Crippen LogP contribution < -0.4 is 10.5 Å². The maximum atomic E-state index is 13.1. The molecular formula is C11H14FNO3. The molecule has 0 heterocycles. The van der Waals surface area contributed by atoms with E-state index in [1.54, 1.807) is 0 Å². The number of hydrogen-bond acceptors (Lipinski definition) is 4. The molecule has 0 aliphatic rings. The highest BCUT2D eigenvalue weighted by atomic mass is 19.1. The van der Waals surface area contributed by atoms with Crippen molar-refractivity contribution in [3.05, 3.63) is 23.5 Å². The number of esters is 1. The molecule has 2 N–H and O–H groups in total. The van der Waals surface area contributed by atoms with Gasteiger partial charge in [0.05, 0.1) is 25.0 Å². The number of nitrogens with two attached hydrogens (primary N) is 1. The summed E-state index contributed by atoms with van der Waals surface area (Å²) in [5.74, 6) is -1.10. The summed E-state index contributed by atoms with van der Waals surface area (Å²) in [6.07, 6.45) is 0.693. The first-order chi connectivity index (χ1) is 7.60. The average Bonchev–Trinajstić information content (AvgIpc) is 2.28. The van der Waals surface area contributed by atoms with Crippen molar-refractivity contribution in [1.82, 2.24) is 0 Å². The van der Waals surface area contributed by atoms with Gasteiger partial charge in [0.2, 0.25) is 0 Å². The smallest absolute Gasteiger partial charge is 0.340 e.